The first kappa shape index (κ1) is 24.2. The quantitative estimate of drug-likeness (QED) is 0.774. The van der Waals surface area contributed by atoms with Gasteiger partial charge in [-0.2, -0.15) is 5.26 Å². The summed E-state index contributed by atoms with van der Waals surface area (Å²) in [6.07, 6.45) is 0. The molecule has 0 aliphatic carbocycles. The van der Waals surface area contributed by atoms with E-state index in [0.29, 0.717) is 0 Å². The van der Waals surface area contributed by atoms with E-state index in [1.54, 1.807) is 6.07 Å². The maximum absolute atomic E-state index is 9.00. The molecule has 0 aromatic carbocycles. The maximum atomic E-state index is 9.00. The Morgan fingerprint density at radius 2 is 1.31 bits per heavy atom. The van der Waals surface area contributed by atoms with Crippen LogP contribution in [-0.4, -0.2) is 47.8 Å². The van der Waals surface area contributed by atoms with Gasteiger partial charge in [0, 0.05) is 21.0 Å². The van der Waals surface area contributed by atoms with Crippen LogP contribution in [-0.2, 0) is 4.79 Å². The lowest BCUT2D eigenvalue weighted by Gasteiger charge is -2.13. The maximum Gasteiger partial charge on any atom is 0.300 e. The Labute approximate surface area is 99.3 Å². The summed E-state index contributed by atoms with van der Waals surface area (Å²) in [4.78, 5) is 11.4. The van der Waals surface area contributed by atoms with Crippen molar-refractivity contribution in [2.24, 2.45) is 0 Å². The molecule has 0 saturated heterocycles. The van der Waals surface area contributed by atoms with Crippen LogP contribution in [0.5, 0.6) is 0 Å². The average molecular weight is 234 g/mol. The van der Waals surface area contributed by atoms with Gasteiger partial charge in [-0.15, -0.1) is 0 Å². The Kier molecular flexibility index (Phi) is 44.2. The molecule has 2 N–H and O–H groups in total. The molecule has 0 saturated carbocycles. The molecule has 0 spiro atoms. The first-order chi connectivity index (χ1) is 7.49. The molecule has 0 fully saturated rings. The fraction of sp³-hybridized carbons (Fsp3) is 0.818. The largest absolute Gasteiger partial charge is 0.481 e. The molecule has 0 aliphatic rings. The monoisotopic (exact) mass is 234 g/mol. The highest BCUT2D eigenvalue weighted by molar-refractivity contribution is 5.62. The molecule has 98 valence electrons. The van der Waals surface area contributed by atoms with Crippen molar-refractivity contribution in [2.75, 3.05) is 26.7 Å². The minimum atomic E-state index is -0.833. The summed E-state index contributed by atoms with van der Waals surface area (Å²) in [6.45, 7) is 12.6. The van der Waals surface area contributed by atoms with Crippen molar-refractivity contribution in [2.45, 2.75) is 34.6 Å². The Balaban J connectivity index is -0.0000000685. The van der Waals surface area contributed by atoms with Crippen molar-refractivity contribution in [3.8, 4) is 6.07 Å². The van der Waals surface area contributed by atoms with Gasteiger partial charge in [0.25, 0.3) is 5.97 Å². The van der Waals surface area contributed by atoms with Gasteiger partial charge < -0.3 is 15.1 Å². The zero-order valence-corrected chi connectivity index (χ0v) is 11.3. The van der Waals surface area contributed by atoms with Crippen molar-refractivity contribution in [3.63, 3.8) is 0 Å². The number of hydrogen-bond donors (Lipinski definition) is 2. The van der Waals surface area contributed by atoms with Gasteiger partial charge in [-0.25, -0.2) is 0 Å². The fourth-order valence-corrected chi connectivity index (χ4v) is 0.671. The Morgan fingerprint density at radius 3 is 1.31 bits per heavy atom. The number of nitriles is 1. The highest BCUT2D eigenvalue weighted by atomic mass is 16.4. The summed E-state index contributed by atoms with van der Waals surface area (Å²) in [7, 11) is 1.00. The summed E-state index contributed by atoms with van der Waals surface area (Å²) in [5.41, 5.74) is 0. The van der Waals surface area contributed by atoms with Gasteiger partial charge in [-0.05, 0) is 19.6 Å². The molecule has 0 bridgehead atoms. The number of nitrogens with zero attached hydrogens (tertiary/aromatic N) is 2. The van der Waals surface area contributed by atoms with E-state index in [-0.39, 0.29) is 0 Å². The molecule has 0 unspecified atom stereocenters. The second-order valence-electron chi connectivity index (χ2n) is 2.36. The lowest BCUT2D eigenvalue weighted by Crippen LogP contribution is -2.21. The summed E-state index contributed by atoms with van der Waals surface area (Å²) >= 11 is 0. The predicted octanol–water partition coefficient (Wildman–Crippen LogP) is 1.58. The second kappa shape index (κ2) is 29.2. The number of rotatable bonds is 3. The number of hydrogen-bond acceptors (Lipinski definition) is 4. The third-order valence-corrected chi connectivity index (χ3v) is 1.34. The molecule has 0 radical (unpaired) electrons. The van der Waals surface area contributed by atoms with Crippen LogP contribution in [0.3, 0.4) is 0 Å². The Bertz CT molecular complexity index is 142. The van der Waals surface area contributed by atoms with Crippen molar-refractivity contribution < 1.29 is 15.0 Å². The van der Waals surface area contributed by atoms with E-state index in [1.165, 1.54) is 26.6 Å². The van der Waals surface area contributed by atoms with Crippen LogP contribution in [0.1, 0.15) is 34.6 Å². The molecule has 0 rings (SSSR count). The third-order valence-electron chi connectivity index (χ3n) is 1.34. The van der Waals surface area contributed by atoms with Gasteiger partial charge in [0.1, 0.15) is 0 Å². The summed E-state index contributed by atoms with van der Waals surface area (Å²) in [6, 6.07) is 1.75. The summed E-state index contributed by atoms with van der Waals surface area (Å²) < 4.78 is 0. The van der Waals surface area contributed by atoms with E-state index in [0.717, 1.165) is 14.0 Å². The number of aliphatic carboxylic acids is 1. The third kappa shape index (κ3) is 76.3. The van der Waals surface area contributed by atoms with Crippen LogP contribution in [0.2, 0.25) is 0 Å². The average Bonchev–Trinajstić information content (AvgIpc) is 2.24. The molecule has 0 aromatic rings. The van der Waals surface area contributed by atoms with Crippen molar-refractivity contribution in [1.29, 1.82) is 5.26 Å². The van der Waals surface area contributed by atoms with Crippen molar-refractivity contribution in [3.05, 3.63) is 0 Å². The van der Waals surface area contributed by atoms with E-state index < -0.39 is 5.97 Å². The minimum Gasteiger partial charge on any atom is -0.481 e. The zero-order chi connectivity index (χ0) is 14.0. The normalized spacial score (nSPS) is 6.94. The van der Waals surface area contributed by atoms with Crippen LogP contribution in [0, 0.1) is 11.3 Å². The number of carboxylic acids is 1. The van der Waals surface area contributed by atoms with Crippen molar-refractivity contribution in [1.82, 2.24) is 4.90 Å². The van der Waals surface area contributed by atoms with Gasteiger partial charge in [0.05, 0.1) is 6.07 Å². The van der Waals surface area contributed by atoms with E-state index in [4.69, 9.17) is 20.3 Å². The molecule has 5 heteroatoms. The van der Waals surface area contributed by atoms with Gasteiger partial charge in [0.2, 0.25) is 0 Å². The van der Waals surface area contributed by atoms with E-state index in [1.807, 2.05) is 0 Å². The molecule has 0 aromatic heterocycles. The molecule has 0 amide bonds. The second-order valence-corrected chi connectivity index (χ2v) is 2.36. The van der Waals surface area contributed by atoms with Crippen molar-refractivity contribution >= 4 is 5.97 Å². The van der Waals surface area contributed by atoms with E-state index in [9.17, 15) is 0 Å². The molecular formula is C11H26N2O3. The lowest BCUT2D eigenvalue weighted by molar-refractivity contribution is -0.134. The molecule has 0 heterocycles. The van der Waals surface area contributed by atoms with Gasteiger partial charge >= 0.3 is 0 Å². The van der Waals surface area contributed by atoms with Gasteiger partial charge in [0.15, 0.2) is 0 Å². The molecule has 0 aliphatic heterocycles. The SMILES string of the molecule is CC#N.CC(=O)O.CCN(CC)CC.CO. The van der Waals surface area contributed by atoms with Gasteiger partial charge in [-0.3, -0.25) is 4.79 Å². The minimum absolute atomic E-state index is 0.833. The van der Waals surface area contributed by atoms with Crippen LogP contribution >= 0.6 is 0 Å². The number of aliphatic hydroxyl groups is 1. The molecule has 5 nitrogen and oxygen atoms in total. The highest BCUT2D eigenvalue weighted by Crippen LogP contribution is 1.81. The molecular weight excluding hydrogens is 208 g/mol. The lowest BCUT2D eigenvalue weighted by atomic mass is 10.5. The molecule has 16 heavy (non-hydrogen) atoms. The van der Waals surface area contributed by atoms with E-state index in [2.05, 4.69) is 25.7 Å². The van der Waals surface area contributed by atoms with Crippen LogP contribution in [0.15, 0.2) is 0 Å². The fourth-order valence-electron chi connectivity index (χ4n) is 0.671. The van der Waals surface area contributed by atoms with Gasteiger partial charge in [-0.1, -0.05) is 20.8 Å². The number of carboxylic acid groups (broad SMARTS) is 1. The van der Waals surface area contributed by atoms with Crippen LogP contribution in [0.25, 0.3) is 0 Å². The number of carbonyl (C=O) groups is 1. The Morgan fingerprint density at radius 1 is 1.19 bits per heavy atom. The summed E-state index contributed by atoms with van der Waals surface area (Å²) in [5.74, 6) is -0.833. The highest BCUT2D eigenvalue weighted by Gasteiger charge is 1.89. The van der Waals surface area contributed by atoms with E-state index >= 15 is 0 Å². The molecule has 0 atom stereocenters. The standard InChI is InChI=1S/C6H15N.C2H3N.C2H4O2.CH4O/c1-4-7(5-2)6-3;1-2-3;1-2(3)4;1-2/h4-6H2,1-3H3;1H3;1H3,(H,3,4);2H,1H3. The predicted molar refractivity (Wildman–Crippen MR) is 66.2 cm³/mol. The Hall–Kier alpha value is -1.12. The zero-order valence-electron chi connectivity index (χ0n) is 11.3. The van der Waals surface area contributed by atoms with Crippen LogP contribution in [0.4, 0.5) is 0 Å². The first-order valence-corrected chi connectivity index (χ1v) is 5.17. The topological polar surface area (TPSA) is 84.6 Å². The first-order valence-electron chi connectivity index (χ1n) is 5.17. The summed E-state index contributed by atoms with van der Waals surface area (Å²) in [5, 5.41) is 21.7. The number of aliphatic hydroxyl groups excluding tert-OH is 1. The van der Waals surface area contributed by atoms with Crippen LogP contribution < -0.4 is 0 Å². The smallest absolute Gasteiger partial charge is 0.300 e.